The molecule has 0 atom stereocenters. The monoisotopic (exact) mass is 543 g/mol. The Balaban J connectivity index is 1.17. The van der Waals surface area contributed by atoms with Crippen LogP contribution in [0.3, 0.4) is 0 Å². The molecule has 0 saturated heterocycles. The normalized spacial score (nSPS) is 12.2. The number of aromatic nitrogens is 1. The highest BCUT2D eigenvalue weighted by atomic mass is 14.9. The van der Waals surface area contributed by atoms with E-state index in [1.54, 1.807) is 0 Å². The van der Waals surface area contributed by atoms with E-state index in [-0.39, 0.29) is 0 Å². The van der Waals surface area contributed by atoms with E-state index in [1.807, 2.05) is 0 Å². The van der Waals surface area contributed by atoms with Gasteiger partial charge in [0.1, 0.15) is 0 Å². The number of para-hydroxylation sites is 2. The molecule has 8 aromatic carbocycles. The minimum Gasteiger partial charge on any atom is -0.308 e. The van der Waals surface area contributed by atoms with Crippen molar-refractivity contribution in [2.24, 2.45) is 0 Å². The van der Waals surface area contributed by atoms with Crippen molar-refractivity contribution in [2.75, 3.05) is 0 Å². The van der Waals surface area contributed by atoms with Gasteiger partial charge in [0.2, 0.25) is 0 Å². The highest BCUT2D eigenvalue weighted by Crippen LogP contribution is 2.41. The molecule has 10 rings (SSSR count). The summed E-state index contributed by atoms with van der Waals surface area (Å²) in [6.07, 6.45) is 0. The Hall–Kier alpha value is -5.66. The molecule has 0 aliphatic rings. The minimum atomic E-state index is 1.23. The Morgan fingerprint density at radius 3 is 1.37 bits per heavy atom. The number of fused-ring (bicyclic) bond motifs is 12. The molecular weight excluding hydrogens is 518 g/mol. The van der Waals surface area contributed by atoms with Crippen LogP contribution in [0.5, 0.6) is 0 Å². The zero-order valence-corrected chi connectivity index (χ0v) is 23.4. The summed E-state index contributed by atoms with van der Waals surface area (Å²) in [6.45, 7) is 0. The first-order valence-electron chi connectivity index (χ1n) is 14.9. The average molecular weight is 544 g/mol. The quantitative estimate of drug-likeness (QED) is 0.191. The van der Waals surface area contributed by atoms with Gasteiger partial charge in [0.05, 0.1) is 16.6 Å². The van der Waals surface area contributed by atoms with Gasteiger partial charge in [-0.25, -0.2) is 0 Å². The Kier molecular flexibility index (Phi) is 4.51. The molecular formula is C42H25N. The molecule has 2 aromatic heterocycles. The van der Waals surface area contributed by atoms with Crippen LogP contribution in [0, 0.1) is 0 Å². The first-order chi connectivity index (χ1) is 21.3. The third kappa shape index (κ3) is 3.11. The van der Waals surface area contributed by atoms with Gasteiger partial charge in [-0.1, -0.05) is 127 Å². The molecule has 0 N–H and O–H groups in total. The highest BCUT2D eigenvalue weighted by Gasteiger charge is 2.17. The maximum atomic E-state index is 2.46. The molecule has 0 fully saturated rings. The van der Waals surface area contributed by atoms with Crippen molar-refractivity contribution in [3.63, 3.8) is 0 Å². The molecule has 0 bridgehead atoms. The number of benzene rings is 8. The van der Waals surface area contributed by atoms with Crippen LogP contribution in [0.15, 0.2) is 152 Å². The van der Waals surface area contributed by atoms with Gasteiger partial charge in [0.15, 0.2) is 0 Å². The van der Waals surface area contributed by atoms with Gasteiger partial charge in [-0.15, -0.1) is 0 Å². The molecule has 0 radical (unpaired) electrons. The minimum absolute atomic E-state index is 1.23. The Morgan fingerprint density at radius 1 is 0.256 bits per heavy atom. The van der Waals surface area contributed by atoms with E-state index in [2.05, 4.69) is 156 Å². The molecule has 0 saturated carbocycles. The summed E-state index contributed by atoms with van der Waals surface area (Å²) in [4.78, 5) is 0. The molecule has 1 nitrogen and oxygen atoms in total. The number of hydrogen-bond donors (Lipinski definition) is 0. The summed E-state index contributed by atoms with van der Waals surface area (Å²) in [7, 11) is 0. The second-order valence-corrected chi connectivity index (χ2v) is 11.7. The van der Waals surface area contributed by atoms with Crippen molar-refractivity contribution >= 4 is 70.4 Å². The van der Waals surface area contributed by atoms with Crippen molar-refractivity contribution in [1.29, 1.82) is 0 Å². The van der Waals surface area contributed by atoms with Crippen LogP contribution in [0.1, 0.15) is 0 Å². The topological polar surface area (TPSA) is 4.41 Å². The lowest BCUT2D eigenvalue weighted by Gasteiger charge is -2.12. The van der Waals surface area contributed by atoms with Gasteiger partial charge in [0.25, 0.3) is 0 Å². The van der Waals surface area contributed by atoms with Gasteiger partial charge in [-0.05, 0) is 78.8 Å². The SMILES string of the molecule is c1cc(-c2ccc3c4ccccc4c4ccccc4c3c2)cc(-c2ccc3c4cccc5c6ccccc6n(c3c2)c54)c1. The van der Waals surface area contributed by atoms with Crippen LogP contribution in [0.2, 0.25) is 0 Å². The van der Waals surface area contributed by atoms with Crippen LogP contribution < -0.4 is 0 Å². The largest absolute Gasteiger partial charge is 0.308 e. The fourth-order valence-electron chi connectivity index (χ4n) is 7.58. The molecule has 10 aromatic rings. The van der Waals surface area contributed by atoms with E-state index in [9.17, 15) is 0 Å². The lowest BCUT2D eigenvalue weighted by Crippen LogP contribution is -1.86. The standard InChI is InChI=1S/C42H25N/c1-2-13-32-30(11-1)31-12-3-4-14-33(31)39-24-28(19-21-34(32)39)26-9-7-10-27(23-26)29-20-22-36-38-17-8-16-37-35-15-5-6-18-40(35)43(42(37)38)41(36)25-29/h1-25H. The van der Waals surface area contributed by atoms with Crippen molar-refractivity contribution in [3.05, 3.63) is 152 Å². The summed E-state index contributed by atoms with van der Waals surface area (Å²) in [5.41, 5.74) is 8.78. The van der Waals surface area contributed by atoms with Crippen LogP contribution in [-0.2, 0) is 0 Å². The van der Waals surface area contributed by atoms with Gasteiger partial charge >= 0.3 is 0 Å². The Morgan fingerprint density at radius 2 is 0.698 bits per heavy atom. The van der Waals surface area contributed by atoms with E-state index in [1.165, 1.54) is 92.7 Å². The fraction of sp³-hybridized carbons (Fsp3) is 0. The molecule has 1 heteroatoms. The number of rotatable bonds is 2. The summed E-state index contributed by atoms with van der Waals surface area (Å²) in [5, 5.41) is 13.1. The average Bonchev–Trinajstić information content (AvgIpc) is 3.60. The Bertz CT molecular complexity index is 2690. The van der Waals surface area contributed by atoms with E-state index in [4.69, 9.17) is 0 Å². The van der Waals surface area contributed by atoms with Gasteiger partial charge in [-0.3, -0.25) is 0 Å². The number of hydrogen-bond acceptors (Lipinski definition) is 0. The fourth-order valence-corrected chi connectivity index (χ4v) is 7.58. The predicted octanol–water partition coefficient (Wildman–Crippen LogP) is 11.6. The van der Waals surface area contributed by atoms with E-state index in [0.717, 1.165) is 0 Å². The van der Waals surface area contributed by atoms with Crippen molar-refractivity contribution < 1.29 is 0 Å². The van der Waals surface area contributed by atoms with Crippen LogP contribution in [0.25, 0.3) is 92.7 Å². The van der Waals surface area contributed by atoms with Gasteiger partial charge < -0.3 is 4.40 Å². The first-order valence-corrected chi connectivity index (χ1v) is 14.9. The highest BCUT2D eigenvalue weighted by molar-refractivity contribution is 6.26. The lowest BCUT2D eigenvalue weighted by atomic mass is 9.91. The molecule has 0 aliphatic heterocycles. The van der Waals surface area contributed by atoms with E-state index >= 15 is 0 Å². The van der Waals surface area contributed by atoms with E-state index in [0.29, 0.717) is 0 Å². The zero-order chi connectivity index (χ0) is 28.1. The van der Waals surface area contributed by atoms with Gasteiger partial charge in [0, 0.05) is 21.5 Å². The molecule has 0 unspecified atom stereocenters. The van der Waals surface area contributed by atoms with Crippen LogP contribution in [-0.4, -0.2) is 4.40 Å². The molecule has 0 aliphatic carbocycles. The first kappa shape index (κ1) is 23.0. The van der Waals surface area contributed by atoms with Crippen molar-refractivity contribution in [3.8, 4) is 22.3 Å². The maximum Gasteiger partial charge on any atom is 0.0620 e. The van der Waals surface area contributed by atoms with E-state index < -0.39 is 0 Å². The molecule has 198 valence electrons. The molecule has 0 spiro atoms. The Labute approximate surface area is 248 Å². The second kappa shape index (κ2) is 8.44. The van der Waals surface area contributed by atoms with Crippen molar-refractivity contribution in [1.82, 2.24) is 4.40 Å². The van der Waals surface area contributed by atoms with Crippen LogP contribution >= 0.6 is 0 Å². The molecule has 2 heterocycles. The third-order valence-electron chi connectivity index (χ3n) is 9.50. The lowest BCUT2D eigenvalue weighted by molar-refractivity contribution is 1.37. The number of nitrogens with zero attached hydrogens (tertiary/aromatic N) is 1. The predicted molar refractivity (Wildman–Crippen MR) is 184 cm³/mol. The third-order valence-corrected chi connectivity index (χ3v) is 9.50. The summed E-state index contributed by atoms with van der Waals surface area (Å²) < 4.78 is 2.46. The maximum absolute atomic E-state index is 2.46. The molecule has 43 heavy (non-hydrogen) atoms. The summed E-state index contributed by atoms with van der Waals surface area (Å²) in [6, 6.07) is 56.0. The zero-order valence-electron chi connectivity index (χ0n) is 23.4. The van der Waals surface area contributed by atoms with Crippen molar-refractivity contribution in [2.45, 2.75) is 0 Å². The summed E-state index contributed by atoms with van der Waals surface area (Å²) in [5.74, 6) is 0. The molecule has 0 amide bonds. The smallest absolute Gasteiger partial charge is 0.0620 e. The van der Waals surface area contributed by atoms with Crippen LogP contribution in [0.4, 0.5) is 0 Å². The second-order valence-electron chi connectivity index (χ2n) is 11.7. The van der Waals surface area contributed by atoms with Gasteiger partial charge in [-0.2, -0.15) is 0 Å². The summed E-state index contributed by atoms with van der Waals surface area (Å²) >= 11 is 0.